The van der Waals surface area contributed by atoms with Crippen LogP contribution in [0.15, 0.2) is 53.3 Å². The standard InChI is InChI=1S/C22H26N4O/c1-2-3-8-21-25-20-7-5-4-6-19(20)22(27)26(21)18-11-9-16(10-12-18)24-17-13-14-23-15-17/h4-7,9-12,17,23-24H,2-3,8,13-15H2,1H3/t17-/m0/s1. The number of nitrogens with one attached hydrogen (secondary N) is 2. The van der Waals surface area contributed by atoms with Gasteiger partial charge in [0.1, 0.15) is 5.82 Å². The van der Waals surface area contributed by atoms with E-state index < -0.39 is 0 Å². The lowest BCUT2D eigenvalue weighted by atomic mass is 10.2. The third-order valence-corrected chi connectivity index (χ3v) is 5.16. The van der Waals surface area contributed by atoms with Gasteiger partial charge in [-0.25, -0.2) is 4.98 Å². The van der Waals surface area contributed by atoms with Crippen molar-refractivity contribution in [3.8, 4) is 5.69 Å². The van der Waals surface area contributed by atoms with Crippen LogP contribution in [0.2, 0.25) is 0 Å². The lowest BCUT2D eigenvalue weighted by Crippen LogP contribution is -2.24. The van der Waals surface area contributed by atoms with Gasteiger partial charge in [-0.3, -0.25) is 9.36 Å². The molecule has 140 valence electrons. The normalized spacial score (nSPS) is 16.7. The zero-order valence-electron chi connectivity index (χ0n) is 15.7. The Morgan fingerprint density at radius 3 is 2.74 bits per heavy atom. The van der Waals surface area contributed by atoms with E-state index in [1.54, 1.807) is 4.57 Å². The molecule has 1 aromatic heterocycles. The van der Waals surface area contributed by atoms with E-state index in [9.17, 15) is 4.79 Å². The van der Waals surface area contributed by atoms with E-state index in [0.29, 0.717) is 11.4 Å². The van der Waals surface area contributed by atoms with Crippen LogP contribution in [0.5, 0.6) is 0 Å². The molecule has 2 N–H and O–H groups in total. The molecule has 0 unspecified atom stereocenters. The number of unbranched alkanes of at least 4 members (excludes halogenated alkanes) is 1. The van der Waals surface area contributed by atoms with Crippen molar-refractivity contribution in [2.75, 3.05) is 18.4 Å². The zero-order chi connectivity index (χ0) is 18.6. The second-order valence-corrected chi connectivity index (χ2v) is 7.17. The molecule has 0 bridgehead atoms. The van der Waals surface area contributed by atoms with Gasteiger partial charge in [0.15, 0.2) is 0 Å². The van der Waals surface area contributed by atoms with Crippen molar-refractivity contribution < 1.29 is 0 Å². The summed E-state index contributed by atoms with van der Waals surface area (Å²) in [4.78, 5) is 18.0. The van der Waals surface area contributed by atoms with Gasteiger partial charge in [-0.15, -0.1) is 0 Å². The van der Waals surface area contributed by atoms with Crippen LogP contribution in [-0.4, -0.2) is 28.7 Å². The van der Waals surface area contributed by atoms with Crippen molar-refractivity contribution in [3.63, 3.8) is 0 Å². The maximum absolute atomic E-state index is 13.2. The molecule has 3 aromatic rings. The van der Waals surface area contributed by atoms with Crippen LogP contribution in [0, 0.1) is 0 Å². The number of nitrogens with zero attached hydrogens (tertiary/aromatic N) is 2. The Kier molecular flexibility index (Phi) is 5.21. The minimum atomic E-state index is 0.00686. The summed E-state index contributed by atoms with van der Waals surface area (Å²) in [6, 6.07) is 16.2. The molecule has 1 aliphatic heterocycles. The number of aromatic nitrogens is 2. The van der Waals surface area contributed by atoms with E-state index in [-0.39, 0.29) is 5.56 Å². The van der Waals surface area contributed by atoms with Crippen LogP contribution < -0.4 is 16.2 Å². The van der Waals surface area contributed by atoms with E-state index in [0.717, 1.165) is 61.5 Å². The molecule has 1 atom stereocenters. The van der Waals surface area contributed by atoms with Gasteiger partial charge >= 0.3 is 0 Å². The highest BCUT2D eigenvalue weighted by molar-refractivity contribution is 5.77. The van der Waals surface area contributed by atoms with Gasteiger partial charge in [-0.2, -0.15) is 0 Å². The highest BCUT2D eigenvalue weighted by atomic mass is 16.1. The number of rotatable bonds is 6. The zero-order valence-corrected chi connectivity index (χ0v) is 15.7. The Morgan fingerprint density at radius 1 is 1.19 bits per heavy atom. The number of aryl methyl sites for hydroxylation is 1. The summed E-state index contributed by atoms with van der Waals surface area (Å²) in [5, 5.41) is 7.58. The monoisotopic (exact) mass is 362 g/mol. The molecule has 0 aliphatic carbocycles. The second-order valence-electron chi connectivity index (χ2n) is 7.17. The van der Waals surface area contributed by atoms with Crippen molar-refractivity contribution in [2.24, 2.45) is 0 Å². The number of hydrogen-bond acceptors (Lipinski definition) is 4. The lowest BCUT2D eigenvalue weighted by molar-refractivity contribution is 0.720. The van der Waals surface area contributed by atoms with Crippen LogP contribution in [0.4, 0.5) is 5.69 Å². The summed E-state index contributed by atoms with van der Waals surface area (Å²) < 4.78 is 1.78. The Morgan fingerprint density at radius 2 is 2.00 bits per heavy atom. The van der Waals surface area contributed by atoms with E-state index in [1.165, 1.54) is 0 Å². The third-order valence-electron chi connectivity index (χ3n) is 5.16. The molecule has 0 spiro atoms. The van der Waals surface area contributed by atoms with Gasteiger partial charge in [0.25, 0.3) is 5.56 Å². The molecule has 2 heterocycles. The van der Waals surface area contributed by atoms with Gasteiger partial charge < -0.3 is 10.6 Å². The van der Waals surface area contributed by atoms with E-state index in [2.05, 4.69) is 29.7 Å². The molecule has 1 aliphatic rings. The minimum absolute atomic E-state index is 0.00686. The number of fused-ring (bicyclic) bond motifs is 1. The fourth-order valence-electron chi connectivity index (χ4n) is 3.67. The van der Waals surface area contributed by atoms with Crippen LogP contribution in [0.3, 0.4) is 0 Å². The van der Waals surface area contributed by atoms with Gasteiger partial charge in [-0.05, 0) is 55.8 Å². The molecule has 0 amide bonds. The molecule has 4 rings (SSSR count). The Labute approximate surface area is 159 Å². The van der Waals surface area contributed by atoms with Crippen molar-refractivity contribution >= 4 is 16.6 Å². The summed E-state index contributed by atoms with van der Waals surface area (Å²) >= 11 is 0. The molecular weight excluding hydrogens is 336 g/mol. The van der Waals surface area contributed by atoms with Crippen LogP contribution in [-0.2, 0) is 6.42 Å². The first-order valence-corrected chi connectivity index (χ1v) is 9.84. The molecule has 0 saturated carbocycles. The highest BCUT2D eigenvalue weighted by Gasteiger charge is 2.15. The molecule has 5 heteroatoms. The Balaban J connectivity index is 1.72. The van der Waals surface area contributed by atoms with Crippen molar-refractivity contribution in [2.45, 2.75) is 38.6 Å². The topological polar surface area (TPSA) is 59.0 Å². The van der Waals surface area contributed by atoms with E-state index in [4.69, 9.17) is 4.98 Å². The summed E-state index contributed by atoms with van der Waals surface area (Å²) in [7, 11) is 0. The summed E-state index contributed by atoms with van der Waals surface area (Å²) in [6.07, 6.45) is 4.02. The predicted molar refractivity (Wildman–Crippen MR) is 111 cm³/mol. The summed E-state index contributed by atoms with van der Waals surface area (Å²) in [5.41, 5.74) is 2.74. The molecule has 1 saturated heterocycles. The van der Waals surface area contributed by atoms with E-state index >= 15 is 0 Å². The van der Waals surface area contributed by atoms with Gasteiger partial charge in [0.2, 0.25) is 0 Å². The molecule has 5 nitrogen and oxygen atoms in total. The fourth-order valence-corrected chi connectivity index (χ4v) is 3.67. The Hall–Kier alpha value is -2.66. The van der Waals surface area contributed by atoms with Crippen LogP contribution in [0.1, 0.15) is 32.0 Å². The van der Waals surface area contributed by atoms with Gasteiger partial charge in [0.05, 0.1) is 16.6 Å². The molecule has 27 heavy (non-hydrogen) atoms. The SMILES string of the molecule is CCCCc1nc2ccccc2c(=O)n1-c1ccc(N[C@H]2CCNC2)cc1. The van der Waals surface area contributed by atoms with Gasteiger partial charge in [0, 0.05) is 24.7 Å². The molecular formula is C22H26N4O. The predicted octanol–water partition coefficient (Wildman–Crippen LogP) is 3.50. The van der Waals surface area contributed by atoms with Crippen molar-refractivity contribution in [1.29, 1.82) is 0 Å². The maximum atomic E-state index is 13.2. The number of benzene rings is 2. The highest BCUT2D eigenvalue weighted by Crippen LogP contribution is 2.18. The van der Waals surface area contributed by atoms with E-state index in [1.807, 2.05) is 36.4 Å². The smallest absolute Gasteiger partial charge is 0.265 e. The second kappa shape index (κ2) is 7.92. The largest absolute Gasteiger partial charge is 0.381 e. The van der Waals surface area contributed by atoms with Gasteiger partial charge in [-0.1, -0.05) is 25.5 Å². The third kappa shape index (κ3) is 3.74. The first kappa shape index (κ1) is 17.7. The maximum Gasteiger partial charge on any atom is 0.265 e. The summed E-state index contributed by atoms with van der Waals surface area (Å²) in [5.74, 6) is 0.834. The molecule has 0 radical (unpaired) electrons. The quantitative estimate of drug-likeness (QED) is 0.705. The fraction of sp³-hybridized carbons (Fsp3) is 0.364. The average molecular weight is 362 g/mol. The van der Waals surface area contributed by atoms with Crippen LogP contribution in [0.25, 0.3) is 16.6 Å². The minimum Gasteiger partial charge on any atom is -0.381 e. The first-order chi connectivity index (χ1) is 13.3. The van der Waals surface area contributed by atoms with Crippen molar-refractivity contribution in [3.05, 3.63) is 64.7 Å². The average Bonchev–Trinajstić information content (AvgIpc) is 3.20. The molecule has 1 fully saturated rings. The molecule has 2 aromatic carbocycles. The number of para-hydroxylation sites is 1. The summed E-state index contributed by atoms with van der Waals surface area (Å²) in [6.45, 7) is 4.22. The lowest BCUT2D eigenvalue weighted by Gasteiger charge is -2.16. The van der Waals surface area contributed by atoms with Crippen LogP contribution >= 0.6 is 0 Å². The number of anilines is 1. The first-order valence-electron chi connectivity index (χ1n) is 9.84. The number of hydrogen-bond donors (Lipinski definition) is 2. The van der Waals surface area contributed by atoms with Crippen molar-refractivity contribution in [1.82, 2.24) is 14.9 Å². The Bertz CT molecular complexity index is 972.